The lowest BCUT2D eigenvalue weighted by Crippen LogP contribution is -2.37. The summed E-state index contributed by atoms with van der Waals surface area (Å²) < 4.78 is 25.7. The third-order valence-electron chi connectivity index (χ3n) is 4.19. The van der Waals surface area contributed by atoms with Crippen molar-refractivity contribution >= 4 is 49.7 Å². The molecule has 0 unspecified atom stereocenters. The quantitative estimate of drug-likeness (QED) is 0.695. The van der Waals surface area contributed by atoms with Gasteiger partial charge < -0.3 is 5.32 Å². The number of hydrogen-bond donors (Lipinski definition) is 1. The van der Waals surface area contributed by atoms with E-state index in [0.29, 0.717) is 22.0 Å². The molecule has 0 bridgehead atoms. The van der Waals surface area contributed by atoms with Crippen LogP contribution < -0.4 is 9.62 Å². The topological polar surface area (TPSA) is 66.5 Å². The predicted octanol–water partition coefficient (Wildman–Crippen LogP) is 4.21. The number of nitrogens with zero attached hydrogens (tertiary/aromatic N) is 1. The molecule has 0 aliphatic rings. The largest absolute Gasteiger partial charge is 0.324 e. The minimum absolute atomic E-state index is 0.344. The van der Waals surface area contributed by atoms with Gasteiger partial charge in [-0.3, -0.25) is 9.10 Å². The summed E-state index contributed by atoms with van der Waals surface area (Å²) in [4.78, 5) is 12.6. The monoisotopic (exact) mass is 402 g/mol. The number of hydrogen-bond acceptors (Lipinski definition) is 3. The van der Waals surface area contributed by atoms with E-state index < -0.39 is 15.9 Å². The Hall–Kier alpha value is -2.57. The van der Waals surface area contributed by atoms with Gasteiger partial charge in [-0.25, -0.2) is 8.42 Å². The number of rotatable bonds is 5. The Balaban J connectivity index is 1.90. The lowest BCUT2D eigenvalue weighted by molar-refractivity contribution is -0.114. The fourth-order valence-corrected chi connectivity index (χ4v) is 3.96. The molecule has 0 radical (unpaired) electrons. The number of anilines is 2. The van der Waals surface area contributed by atoms with Crippen LogP contribution in [0, 0.1) is 6.92 Å². The number of carbonyl (C=O) groups excluding carboxylic acids is 1. The molecule has 1 N–H and O–H groups in total. The summed E-state index contributed by atoms with van der Waals surface area (Å²) in [6.07, 6.45) is 1.07. The fourth-order valence-electron chi connectivity index (χ4n) is 2.89. The number of amides is 1. The van der Waals surface area contributed by atoms with Crippen LogP contribution in [-0.2, 0) is 14.8 Å². The number of sulfonamides is 1. The van der Waals surface area contributed by atoms with Crippen LogP contribution in [0.5, 0.6) is 0 Å². The number of benzene rings is 3. The van der Waals surface area contributed by atoms with Gasteiger partial charge in [0.2, 0.25) is 15.9 Å². The Kier molecular flexibility index (Phi) is 5.39. The number of halogens is 1. The minimum atomic E-state index is -3.67. The first kappa shape index (κ1) is 19.2. The van der Waals surface area contributed by atoms with Crippen molar-refractivity contribution in [3.8, 4) is 0 Å². The summed E-state index contributed by atoms with van der Waals surface area (Å²) >= 11 is 6.02. The second-order valence-electron chi connectivity index (χ2n) is 6.28. The van der Waals surface area contributed by atoms with Crippen molar-refractivity contribution in [3.05, 3.63) is 71.2 Å². The highest BCUT2D eigenvalue weighted by Gasteiger charge is 2.23. The average molecular weight is 403 g/mol. The molecule has 140 valence electrons. The van der Waals surface area contributed by atoms with Crippen LogP contribution in [0.4, 0.5) is 11.4 Å². The zero-order valence-corrected chi connectivity index (χ0v) is 16.5. The van der Waals surface area contributed by atoms with Crippen molar-refractivity contribution in [3.63, 3.8) is 0 Å². The maximum absolute atomic E-state index is 12.6. The maximum atomic E-state index is 12.6. The van der Waals surface area contributed by atoms with Crippen LogP contribution in [0.1, 0.15) is 5.56 Å². The highest BCUT2D eigenvalue weighted by atomic mass is 35.5. The zero-order chi connectivity index (χ0) is 19.6. The molecule has 1 amide bonds. The Labute approximate surface area is 163 Å². The summed E-state index contributed by atoms with van der Waals surface area (Å²) in [7, 11) is -3.67. The highest BCUT2D eigenvalue weighted by molar-refractivity contribution is 7.92. The van der Waals surface area contributed by atoms with Crippen LogP contribution in [0.25, 0.3) is 10.8 Å². The minimum Gasteiger partial charge on any atom is -0.324 e. The highest BCUT2D eigenvalue weighted by Crippen LogP contribution is 2.27. The van der Waals surface area contributed by atoms with E-state index in [1.165, 1.54) is 0 Å². The van der Waals surface area contributed by atoms with E-state index in [4.69, 9.17) is 11.6 Å². The van der Waals surface area contributed by atoms with E-state index in [9.17, 15) is 13.2 Å². The average Bonchev–Trinajstić information content (AvgIpc) is 2.61. The van der Waals surface area contributed by atoms with Gasteiger partial charge in [0.1, 0.15) is 6.54 Å². The molecule has 3 rings (SSSR count). The number of aryl methyl sites for hydroxylation is 1. The lowest BCUT2D eigenvalue weighted by Gasteiger charge is -2.24. The normalized spacial score (nSPS) is 11.4. The first-order valence-corrected chi connectivity index (χ1v) is 10.5. The molecular weight excluding hydrogens is 384 g/mol. The third-order valence-corrected chi connectivity index (χ3v) is 5.55. The third kappa shape index (κ3) is 4.40. The Bertz CT molecular complexity index is 1110. The van der Waals surface area contributed by atoms with Crippen molar-refractivity contribution in [1.29, 1.82) is 0 Å². The van der Waals surface area contributed by atoms with Gasteiger partial charge in [-0.15, -0.1) is 0 Å². The molecule has 0 atom stereocenters. The van der Waals surface area contributed by atoms with Crippen molar-refractivity contribution in [2.45, 2.75) is 6.92 Å². The number of fused-ring (bicyclic) bond motifs is 1. The van der Waals surface area contributed by atoms with E-state index in [0.717, 1.165) is 21.3 Å². The van der Waals surface area contributed by atoms with Gasteiger partial charge in [-0.2, -0.15) is 0 Å². The van der Waals surface area contributed by atoms with Crippen LogP contribution >= 0.6 is 11.6 Å². The standard InChI is InChI=1S/C20H19ClN2O3S/c1-14-10-11-16(21)12-19(14)23(27(2,25)26)13-20(24)22-18-9-5-7-15-6-3-4-8-17(15)18/h3-12H,13H2,1-2H3,(H,22,24). The zero-order valence-electron chi connectivity index (χ0n) is 14.9. The Morgan fingerprint density at radius 1 is 1.07 bits per heavy atom. The Morgan fingerprint density at radius 3 is 2.52 bits per heavy atom. The van der Waals surface area contributed by atoms with E-state index in [1.807, 2.05) is 36.4 Å². The van der Waals surface area contributed by atoms with E-state index in [1.54, 1.807) is 31.2 Å². The van der Waals surface area contributed by atoms with Crippen LogP contribution in [0.3, 0.4) is 0 Å². The molecule has 0 heterocycles. The van der Waals surface area contributed by atoms with Gasteiger partial charge in [0, 0.05) is 16.1 Å². The molecule has 0 saturated carbocycles. The van der Waals surface area contributed by atoms with Crippen molar-refractivity contribution in [2.75, 3.05) is 22.4 Å². The smallest absolute Gasteiger partial charge is 0.245 e. The molecule has 0 spiro atoms. The Morgan fingerprint density at radius 2 is 1.78 bits per heavy atom. The second kappa shape index (κ2) is 7.58. The molecule has 7 heteroatoms. The number of nitrogens with one attached hydrogen (secondary N) is 1. The van der Waals surface area contributed by atoms with Gasteiger partial charge in [-0.1, -0.05) is 54.1 Å². The second-order valence-corrected chi connectivity index (χ2v) is 8.62. The molecule has 0 aliphatic heterocycles. The summed E-state index contributed by atoms with van der Waals surface area (Å²) in [5.74, 6) is -0.434. The SMILES string of the molecule is Cc1ccc(Cl)cc1N(CC(=O)Nc1cccc2ccccc12)S(C)(=O)=O. The lowest BCUT2D eigenvalue weighted by atomic mass is 10.1. The maximum Gasteiger partial charge on any atom is 0.245 e. The van der Waals surface area contributed by atoms with Gasteiger partial charge in [0.05, 0.1) is 11.9 Å². The molecule has 3 aromatic carbocycles. The molecule has 0 aromatic heterocycles. The van der Waals surface area contributed by atoms with Crippen LogP contribution in [0.2, 0.25) is 5.02 Å². The summed E-state index contributed by atoms with van der Waals surface area (Å²) in [5, 5.41) is 5.09. The van der Waals surface area contributed by atoms with Gasteiger partial charge in [-0.05, 0) is 36.1 Å². The fraction of sp³-hybridized carbons (Fsp3) is 0.150. The van der Waals surface area contributed by atoms with E-state index in [-0.39, 0.29) is 6.54 Å². The van der Waals surface area contributed by atoms with Crippen molar-refractivity contribution in [1.82, 2.24) is 0 Å². The molecule has 0 fully saturated rings. The first-order chi connectivity index (χ1) is 12.8. The molecule has 27 heavy (non-hydrogen) atoms. The molecule has 5 nitrogen and oxygen atoms in total. The van der Waals surface area contributed by atoms with Crippen LogP contribution in [0.15, 0.2) is 60.7 Å². The van der Waals surface area contributed by atoms with Gasteiger partial charge in [0.25, 0.3) is 0 Å². The van der Waals surface area contributed by atoms with Crippen molar-refractivity contribution < 1.29 is 13.2 Å². The predicted molar refractivity (Wildman–Crippen MR) is 111 cm³/mol. The summed E-state index contributed by atoms with van der Waals surface area (Å²) in [6, 6.07) is 18.2. The molecule has 0 saturated heterocycles. The molecule has 0 aliphatic carbocycles. The van der Waals surface area contributed by atoms with Gasteiger partial charge in [0.15, 0.2) is 0 Å². The van der Waals surface area contributed by atoms with E-state index in [2.05, 4.69) is 5.32 Å². The number of carbonyl (C=O) groups is 1. The molecule has 3 aromatic rings. The van der Waals surface area contributed by atoms with E-state index >= 15 is 0 Å². The first-order valence-electron chi connectivity index (χ1n) is 8.27. The summed E-state index contributed by atoms with van der Waals surface area (Å²) in [5.41, 5.74) is 1.73. The van der Waals surface area contributed by atoms with Crippen LogP contribution in [-0.4, -0.2) is 27.1 Å². The van der Waals surface area contributed by atoms with Gasteiger partial charge >= 0.3 is 0 Å². The summed E-state index contributed by atoms with van der Waals surface area (Å²) in [6.45, 7) is 1.43. The molecular formula is C20H19ClN2O3S. The van der Waals surface area contributed by atoms with Crippen molar-refractivity contribution in [2.24, 2.45) is 0 Å².